The van der Waals surface area contributed by atoms with Crippen molar-refractivity contribution in [1.29, 1.82) is 0 Å². The van der Waals surface area contributed by atoms with Crippen LogP contribution in [-0.4, -0.2) is 29.9 Å². The molecule has 0 saturated carbocycles. The number of aromatic nitrogens is 6. The number of aromatic amines is 1. The van der Waals surface area contributed by atoms with Crippen molar-refractivity contribution in [3.8, 4) is 10.8 Å². The maximum absolute atomic E-state index is 12.9. The van der Waals surface area contributed by atoms with Crippen molar-refractivity contribution < 1.29 is 4.74 Å². The lowest BCUT2D eigenvalue weighted by atomic mass is 10.1. The number of H-pyrrole nitrogens is 1. The number of hydrogen-bond acceptors (Lipinski definition) is 8. The van der Waals surface area contributed by atoms with E-state index in [2.05, 4.69) is 30.6 Å². The Labute approximate surface area is 203 Å². The van der Waals surface area contributed by atoms with Gasteiger partial charge in [0.1, 0.15) is 17.4 Å². The molecular weight excluding hydrogens is 474 g/mol. The van der Waals surface area contributed by atoms with E-state index in [9.17, 15) is 4.79 Å². The van der Waals surface area contributed by atoms with Crippen LogP contribution in [0.5, 0.6) is 5.75 Å². The smallest absolute Gasteiger partial charge is 0.253 e. The van der Waals surface area contributed by atoms with Gasteiger partial charge in [0.05, 0.1) is 40.4 Å². The molecule has 0 saturated heterocycles. The monoisotopic (exact) mass is 493 g/mol. The summed E-state index contributed by atoms with van der Waals surface area (Å²) >= 11 is 7.89. The summed E-state index contributed by atoms with van der Waals surface area (Å²) in [7, 11) is 0. The quantitative estimate of drug-likeness (QED) is 0.339. The third-order valence-electron chi connectivity index (χ3n) is 5.26. The number of ether oxygens (including phenoxy) is 1. The van der Waals surface area contributed by atoms with Crippen molar-refractivity contribution in [3.05, 3.63) is 87.3 Å². The molecular formula is C23H20ClN7O2S. The predicted octanol–water partition coefficient (Wildman–Crippen LogP) is 4.67. The molecule has 0 fully saturated rings. The van der Waals surface area contributed by atoms with Crippen LogP contribution in [0.25, 0.3) is 15.9 Å². The molecule has 0 aliphatic rings. The Bertz CT molecular complexity index is 1510. The van der Waals surface area contributed by atoms with Crippen molar-refractivity contribution >= 4 is 39.0 Å². The zero-order valence-electron chi connectivity index (χ0n) is 18.3. The van der Waals surface area contributed by atoms with Crippen molar-refractivity contribution in [2.24, 2.45) is 0 Å². The average molecular weight is 494 g/mol. The van der Waals surface area contributed by atoms with Gasteiger partial charge in [-0.05, 0) is 38.1 Å². The van der Waals surface area contributed by atoms with E-state index in [1.54, 1.807) is 35.4 Å². The van der Waals surface area contributed by atoms with E-state index in [0.29, 0.717) is 27.0 Å². The van der Waals surface area contributed by atoms with Crippen LogP contribution in [0, 0.1) is 6.92 Å². The van der Waals surface area contributed by atoms with Crippen LogP contribution in [0.1, 0.15) is 29.9 Å². The first kappa shape index (κ1) is 22.1. The maximum Gasteiger partial charge on any atom is 0.253 e. The summed E-state index contributed by atoms with van der Waals surface area (Å²) in [4.78, 5) is 24.4. The van der Waals surface area contributed by atoms with Crippen molar-refractivity contribution in [2.45, 2.75) is 26.5 Å². The van der Waals surface area contributed by atoms with Gasteiger partial charge < -0.3 is 15.0 Å². The van der Waals surface area contributed by atoms with E-state index in [1.165, 1.54) is 11.3 Å². The Morgan fingerprint density at radius 2 is 2.12 bits per heavy atom. The third-order valence-corrected chi connectivity index (χ3v) is 6.46. The summed E-state index contributed by atoms with van der Waals surface area (Å²) in [6.07, 6.45) is 5.11. The number of pyridine rings is 2. The van der Waals surface area contributed by atoms with E-state index in [-0.39, 0.29) is 18.2 Å². The van der Waals surface area contributed by atoms with Crippen LogP contribution in [0.2, 0.25) is 5.02 Å². The Balaban J connectivity index is 1.36. The lowest BCUT2D eigenvalue weighted by Gasteiger charge is -2.14. The molecule has 0 bridgehead atoms. The van der Waals surface area contributed by atoms with Crippen LogP contribution < -0.4 is 15.6 Å². The maximum atomic E-state index is 12.9. The fourth-order valence-corrected chi connectivity index (χ4v) is 4.63. The number of halogens is 1. The van der Waals surface area contributed by atoms with E-state index < -0.39 is 0 Å². The zero-order chi connectivity index (χ0) is 23.7. The Kier molecular flexibility index (Phi) is 5.99. The highest BCUT2D eigenvalue weighted by Gasteiger charge is 2.15. The van der Waals surface area contributed by atoms with Gasteiger partial charge in [-0.25, -0.2) is 9.67 Å². The van der Waals surface area contributed by atoms with Gasteiger partial charge in [0, 0.05) is 23.2 Å². The summed E-state index contributed by atoms with van der Waals surface area (Å²) in [6.45, 7) is 4.10. The largest absolute Gasteiger partial charge is 0.486 e. The number of benzene rings is 1. The standard InChI is InChI=1S/C23H20ClN7O2S/c1-13-10-27-30-31(13)21-11-26-23(34-21)28-14(2)17-7-15-8-18(24)20(9-19(15)29-22(17)32)33-12-16-5-3-4-6-25-16/h3-11,14H,12H2,1-2H3,(H,26,28)(H,29,32). The minimum absolute atomic E-state index is 0.200. The van der Waals surface area contributed by atoms with Crippen LogP contribution in [-0.2, 0) is 6.61 Å². The number of hydrogen-bond donors (Lipinski definition) is 2. The lowest BCUT2D eigenvalue weighted by Crippen LogP contribution is -2.19. The molecule has 4 aromatic heterocycles. The Hall–Kier alpha value is -3.76. The first-order chi connectivity index (χ1) is 16.5. The molecule has 5 rings (SSSR count). The number of nitrogens with zero attached hydrogens (tertiary/aromatic N) is 5. The van der Waals surface area contributed by atoms with Crippen LogP contribution in [0.15, 0.2) is 59.8 Å². The zero-order valence-corrected chi connectivity index (χ0v) is 19.9. The Morgan fingerprint density at radius 3 is 2.88 bits per heavy atom. The molecule has 5 aromatic rings. The summed E-state index contributed by atoms with van der Waals surface area (Å²) in [5.74, 6) is 0.480. The highest BCUT2D eigenvalue weighted by atomic mass is 35.5. The van der Waals surface area contributed by atoms with Gasteiger partial charge in [-0.3, -0.25) is 9.78 Å². The van der Waals surface area contributed by atoms with Gasteiger partial charge in [0.25, 0.3) is 5.56 Å². The normalized spacial score (nSPS) is 12.1. The molecule has 172 valence electrons. The second-order valence-electron chi connectivity index (χ2n) is 7.69. The van der Waals surface area contributed by atoms with Gasteiger partial charge in [-0.2, -0.15) is 0 Å². The number of aryl methyl sites for hydroxylation is 1. The molecule has 1 aromatic carbocycles. The second-order valence-corrected chi connectivity index (χ2v) is 9.11. The van der Waals surface area contributed by atoms with Crippen molar-refractivity contribution in [2.75, 3.05) is 5.32 Å². The first-order valence-corrected chi connectivity index (χ1v) is 11.7. The number of fused-ring (bicyclic) bond motifs is 1. The van der Waals surface area contributed by atoms with Crippen LogP contribution in [0.3, 0.4) is 0 Å². The topological polar surface area (TPSA) is 111 Å². The highest BCUT2D eigenvalue weighted by molar-refractivity contribution is 7.17. The molecule has 34 heavy (non-hydrogen) atoms. The van der Waals surface area contributed by atoms with Gasteiger partial charge in [0.2, 0.25) is 0 Å². The molecule has 11 heteroatoms. The molecule has 0 amide bonds. The summed E-state index contributed by atoms with van der Waals surface area (Å²) < 4.78 is 7.54. The molecule has 9 nitrogen and oxygen atoms in total. The molecule has 0 spiro atoms. The molecule has 1 atom stereocenters. The van der Waals surface area contributed by atoms with E-state index in [4.69, 9.17) is 16.3 Å². The third kappa shape index (κ3) is 4.50. The molecule has 0 aliphatic heterocycles. The van der Waals surface area contributed by atoms with E-state index in [0.717, 1.165) is 21.8 Å². The number of rotatable bonds is 7. The van der Waals surface area contributed by atoms with Gasteiger partial charge in [0.15, 0.2) is 5.13 Å². The molecule has 1 unspecified atom stereocenters. The molecule has 4 heterocycles. The summed E-state index contributed by atoms with van der Waals surface area (Å²) in [6, 6.07) is 10.7. The van der Waals surface area contributed by atoms with Crippen molar-refractivity contribution in [3.63, 3.8) is 0 Å². The number of nitrogens with one attached hydrogen (secondary N) is 2. The fraction of sp³-hybridized carbons (Fsp3) is 0.174. The van der Waals surface area contributed by atoms with Crippen LogP contribution in [0.4, 0.5) is 5.13 Å². The number of anilines is 1. The Morgan fingerprint density at radius 1 is 1.24 bits per heavy atom. The average Bonchev–Trinajstić information content (AvgIpc) is 3.46. The fourth-order valence-electron chi connectivity index (χ4n) is 3.49. The summed E-state index contributed by atoms with van der Waals surface area (Å²) in [5, 5.41) is 14.0. The molecule has 0 radical (unpaired) electrons. The SMILES string of the molecule is Cc1cnnn1-c1cnc(NC(C)c2cc3cc(Cl)c(OCc4ccccn4)cc3[nH]c2=O)s1. The predicted molar refractivity (Wildman–Crippen MR) is 132 cm³/mol. The van der Waals surface area contributed by atoms with Gasteiger partial charge >= 0.3 is 0 Å². The van der Waals surface area contributed by atoms with Crippen molar-refractivity contribution in [1.82, 2.24) is 29.9 Å². The lowest BCUT2D eigenvalue weighted by molar-refractivity contribution is 0.302. The number of thiazole rings is 1. The van der Waals surface area contributed by atoms with Crippen LogP contribution >= 0.6 is 22.9 Å². The minimum Gasteiger partial charge on any atom is -0.486 e. The highest BCUT2D eigenvalue weighted by Crippen LogP contribution is 2.31. The first-order valence-electron chi connectivity index (χ1n) is 10.5. The summed E-state index contributed by atoms with van der Waals surface area (Å²) in [5.41, 5.74) is 2.70. The minimum atomic E-state index is -0.289. The molecule has 0 aliphatic carbocycles. The molecule has 2 N–H and O–H groups in total. The second kappa shape index (κ2) is 9.24. The van der Waals surface area contributed by atoms with E-state index >= 15 is 0 Å². The van der Waals surface area contributed by atoms with Gasteiger partial charge in [-0.1, -0.05) is 34.2 Å². The van der Waals surface area contributed by atoms with Gasteiger partial charge in [-0.15, -0.1) is 5.10 Å². The van der Waals surface area contributed by atoms with E-state index in [1.807, 2.05) is 38.1 Å².